The molecule has 2 rings (SSSR count). The summed E-state index contributed by atoms with van der Waals surface area (Å²) < 4.78 is 5.70. The molecule has 0 fully saturated rings. The second-order valence-corrected chi connectivity index (χ2v) is 6.26. The minimum atomic E-state index is -0.520. The highest BCUT2D eigenvalue weighted by atomic mass is 16.5. The van der Waals surface area contributed by atoms with Crippen LogP contribution in [0.2, 0.25) is 0 Å². The van der Waals surface area contributed by atoms with Crippen molar-refractivity contribution >= 4 is 12.0 Å². The molecule has 0 saturated carbocycles. The summed E-state index contributed by atoms with van der Waals surface area (Å²) in [6.07, 6.45) is 3.52. The maximum atomic E-state index is 12.2. The molecule has 1 atom stereocenters. The van der Waals surface area contributed by atoms with Gasteiger partial charge in [-0.25, -0.2) is 0 Å². The molecule has 0 aliphatic heterocycles. The second-order valence-electron chi connectivity index (χ2n) is 6.26. The molecule has 2 aromatic carbocycles. The predicted octanol–water partition coefficient (Wildman–Crippen LogP) is 5.03. The van der Waals surface area contributed by atoms with E-state index in [2.05, 4.69) is 0 Å². The number of hydrogen-bond donors (Lipinski definition) is 0. The van der Waals surface area contributed by atoms with Gasteiger partial charge in [0.15, 0.2) is 0 Å². The first kappa shape index (κ1) is 16.0. The Labute approximate surface area is 132 Å². The number of carbonyl (C=O) groups is 1. The van der Waals surface area contributed by atoms with Gasteiger partial charge < -0.3 is 4.74 Å². The van der Waals surface area contributed by atoms with E-state index in [1.165, 1.54) is 0 Å². The van der Waals surface area contributed by atoms with E-state index in [0.717, 1.165) is 11.1 Å². The average molecular weight is 294 g/mol. The number of ether oxygens (including phenoxy) is 1. The molecular weight excluding hydrogens is 272 g/mol. The SMILES string of the molecule is CC(C)(C)C(=O)OC(C=Cc1ccccc1)c1ccccc1. The van der Waals surface area contributed by atoms with Gasteiger partial charge >= 0.3 is 5.97 Å². The molecule has 0 aliphatic rings. The van der Waals surface area contributed by atoms with E-state index in [0.29, 0.717) is 0 Å². The maximum Gasteiger partial charge on any atom is 0.312 e. The summed E-state index contributed by atoms with van der Waals surface area (Å²) in [6.45, 7) is 5.58. The van der Waals surface area contributed by atoms with E-state index in [1.807, 2.05) is 93.6 Å². The van der Waals surface area contributed by atoms with Crippen LogP contribution >= 0.6 is 0 Å². The zero-order chi connectivity index (χ0) is 16.0. The van der Waals surface area contributed by atoms with Crippen molar-refractivity contribution in [1.29, 1.82) is 0 Å². The molecule has 0 radical (unpaired) electrons. The Bertz CT molecular complexity index is 622. The molecule has 0 heterocycles. The fourth-order valence-electron chi connectivity index (χ4n) is 1.92. The number of benzene rings is 2. The average Bonchev–Trinajstić information content (AvgIpc) is 2.52. The van der Waals surface area contributed by atoms with Crippen LogP contribution in [-0.2, 0) is 9.53 Å². The third-order valence-corrected chi connectivity index (χ3v) is 3.24. The summed E-state index contributed by atoms with van der Waals surface area (Å²) in [5.41, 5.74) is 1.52. The normalized spacial score (nSPS) is 13.0. The molecular formula is C20H22O2. The first-order chi connectivity index (χ1) is 10.5. The number of esters is 1. The van der Waals surface area contributed by atoms with E-state index in [9.17, 15) is 4.79 Å². The Hall–Kier alpha value is -2.35. The van der Waals surface area contributed by atoms with E-state index >= 15 is 0 Å². The standard InChI is InChI=1S/C20H22O2/c1-20(2,3)19(21)22-18(17-12-8-5-9-13-17)15-14-16-10-6-4-7-11-16/h4-15,18H,1-3H3. The van der Waals surface area contributed by atoms with Gasteiger partial charge in [0, 0.05) is 0 Å². The van der Waals surface area contributed by atoms with Crippen LogP contribution in [0.1, 0.15) is 38.0 Å². The van der Waals surface area contributed by atoms with E-state index in [1.54, 1.807) is 0 Å². The molecule has 2 nitrogen and oxygen atoms in total. The molecule has 0 spiro atoms. The van der Waals surface area contributed by atoms with Crippen molar-refractivity contribution in [3.05, 3.63) is 77.9 Å². The van der Waals surface area contributed by atoms with Gasteiger partial charge in [0.25, 0.3) is 0 Å². The number of rotatable bonds is 4. The van der Waals surface area contributed by atoms with Gasteiger partial charge in [-0.2, -0.15) is 0 Å². The zero-order valence-corrected chi connectivity index (χ0v) is 13.3. The first-order valence-corrected chi connectivity index (χ1v) is 7.46. The van der Waals surface area contributed by atoms with Crippen LogP contribution < -0.4 is 0 Å². The summed E-state index contributed by atoms with van der Waals surface area (Å²) in [6, 6.07) is 19.8. The first-order valence-electron chi connectivity index (χ1n) is 7.46. The Morgan fingerprint density at radius 2 is 1.50 bits per heavy atom. The largest absolute Gasteiger partial charge is 0.453 e. The van der Waals surface area contributed by atoms with Crippen LogP contribution in [-0.4, -0.2) is 5.97 Å². The molecule has 22 heavy (non-hydrogen) atoms. The highest BCUT2D eigenvalue weighted by Crippen LogP contribution is 2.25. The summed E-state index contributed by atoms with van der Waals surface area (Å²) in [4.78, 5) is 12.2. The van der Waals surface area contributed by atoms with Crippen molar-refractivity contribution in [2.24, 2.45) is 5.41 Å². The topological polar surface area (TPSA) is 26.3 Å². The van der Waals surface area contributed by atoms with Gasteiger partial charge in [0.05, 0.1) is 5.41 Å². The maximum absolute atomic E-state index is 12.2. The molecule has 2 heteroatoms. The highest BCUT2D eigenvalue weighted by Gasteiger charge is 2.26. The van der Waals surface area contributed by atoms with Gasteiger partial charge in [-0.15, -0.1) is 0 Å². The zero-order valence-electron chi connectivity index (χ0n) is 13.3. The number of hydrogen-bond acceptors (Lipinski definition) is 2. The van der Waals surface area contributed by atoms with Crippen molar-refractivity contribution in [1.82, 2.24) is 0 Å². The molecule has 0 amide bonds. The van der Waals surface area contributed by atoms with Gasteiger partial charge in [0.1, 0.15) is 6.10 Å². The highest BCUT2D eigenvalue weighted by molar-refractivity contribution is 5.76. The summed E-state index contributed by atoms with van der Waals surface area (Å²) in [5, 5.41) is 0. The summed E-state index contributed by atoms with van der Waals surface area (Å²) >= 11 is 0. The molecule has 0 aromatic heterocycles. The lowest BCUT2D eigenvalue weighted by atomic mass is 9.97. The lowest BCUT2D eigenvalue weighted by Crippen LogP contribution is -2.24. The molecule has 114 valence electrons. The molecule has 2 aromatic rings. The Balaban J connectivity index is 2.23. The van der Waals surface area contributed by atoms with Gasteiger partial charge in [0.2, 0.25) is 0 Å². The van der Waals surface area contributed by atoms with Crippen LogP contribution in [0.25, 0.3) is 6.08 Å². The summed E-state index contributed by atoms with van der Waals surface area (Å²) in [5.74, 6) is -0.209. The molecule has 0 saturated heterocycles. The number of carbonyl (C=O) groups excluding carboxylic acids is 1. The van der Waals surface area contributed by atoms with Crippen molar-refractivity contribution in [2.75, 3.05) is 0 Å². The quantitative estimate of drug-likeness (QED) is 0.739. The minimum Gasteiger partial charge on any atom is -0.453 e. The molecule has 0 bridgehead atoms. The summed E-state index contributed by atoms with van der Waals surface area (Å²) in [7, 11) is 0. The van der Waals surface area contributed by atoms with Gasteiger partial charge in [-0.3, -0.25) is 4.79 Å². The molecule has 0 aliphatic carbocycles. The lowest BCUT2D eigenvalue weighted by Gasteiger charge is -2.21. The van der Waals surface area contributed by atoms with E-state index in [-0.39, 0.29) is 12.1 Å². The van der Waals surface area contributed by atoms with Crippen LogP contribution in [0.3, 0.4) is 0 Å². The van der Waals surface area contributed by atoms with Crippen LogP contribution in [0.5, 0.6) is 0 Å². The van der Waals surface area contributed by atoms with Crippen molar-refractivity contribution < 1.29 is 9.53 Å². The van der Waals surface area contributed by atoms with Crippen LogP contribution in [0.4, 0.5) is 0 Å². The van der Waals surface area contributed by atoms with Gasteiger partial charge in [-0.1, -0.05) is 66.7 Å². The van der Waals surface area contributed by atoms with Crippen LogP contribution in [0.15, 0.2) is 66.7 Å². The fraction of sp³-hybridized carbons (Fsp3) is 0.250. The monoisotopic (exact) mass is 294 g/mol. The predicted molar refractivity (Wildman–Crippen MR) is 90.2 cm³/mol. The minimum absolute atomic E-state index is 0.209. The Morgan fingerprint density at radius 3 is 2.05 bits per heavy atom. The van der Waals surface area contributed by atoms with Crippen molar-refractivity contribution in [3.8, 4) is 0 Å². The third-order valence-electron chi connectivity index (χ3n) is 3.24. The Kier molecular flexibility index (Phi) is 5.16. The lowest BCUT2D eigenvalue weighted by molar-refractivity contribution is -0.156. The smallest absolute Gasteiger partial charge is 0.312 e. The molecule has 0 N–H and O–H groups in total. The van der Waals surface area contributed by atoms with Crippen molar-refractivity contribution in [2.45, 2.75) is 26.9 Å². The fourth-order valence-corrected chi connectivity index (χ4v) is 1.92. The van der Waals surface area contributed by atoms with Crippen LogP contribution in [0, 0.1) is 5.41 Å². The Morgan fingerprint density at radius 1 is 0.955 bits per heavy atom. The van der Waals surface area contributed by atoms with E-state index in [4.69, 9.17) is 4.74 Å². The second kappa shape index (κ2) is 7.08. The van der Waals surface area contributed by atoms with Crippen molar-refractivity contribution in [3.63, 3.8) is 0 Å². The van der Waals surface area contributed by atoms with Gasteiger partial charge in [-0.05, 0) is 38.0 Å². The molecule has 1 unspecified atom stereocenters. The third kappa shape index (κ3) is 4.59. The van der Waals surface area contributed by atoms with E-state index < -0.39 is 5.41 Å².